The Labute approximate surface area is 533 Å². The number of benzene rings is 1. The van der Waals surface area contributed by atoms with Crippen LogP contribution >= 0.6 is 68.3 Å². The second-order valence-electron chi connectivity index (χ2n) is 18.0. The molecule has 23 nitrogen and oxygen atoms in total. The van der Waals surface area contributed by atoms with Crippen LogP contribution in [0.1, 0.15) is 54.3 Å². The first kappa shape index (κ1) is 67.3. The summed E-state index contributed by atoms with van der Waals surface area (Å²) in [6.07, 6.45) is 9.03. The lowest BCUT2D eigenvalue weighted by Crippen LogP contribution is -2.49. The van der Waals surface area contributed by atoms with Crippen molar-refractivity contribution in [3.63, 3.8) is 0 Å². The van der Waals surface area contributed by atoms with Crippen molar-refractivity contribution >= 4 is 155 Å². The number of amides is 3. The van der Waals surface area contributed by atoms with Crippen molar-refractivity contribution in [2.45, 2.75) is 38.5 Å². The standard InChI is InChI=1S/C24H27N3O6S.C12H13N3O4S.C9H7NO3S.C8H7NOS.C7H4ClNS/c1-3-4-12-32-23(29)18(27-24(30)33-15-16-8-6-5-7-9-16)14-26-22(28)20-13-17-21(34-20)19(31-2)10-11-25-17;1-19-8-2-3-14-7-4-9(20-10(7)8)11(16)15-5-6(13)12(17)18;1-13-6-2-3-10-5-4-7(9(11)12)14-8(5)6;1-10-7-2-4-9-6-3-5-11-8(6)7;8-5-1-3-9-6-2-4-10-7(5)6/h5-11,13,18H,3-4,12,14-15H2,1-2H3,(H,26,28)(H,27,30);2-4,6H,5,13H2,1H3,(H,15,16)(H,17,18);2-4H,1H3,(H,11,12);2-5H,1H3;1-4H/t18-;6-;;;/m11.../s1. The zero-order valence-electron chi connectivity index (χ0n) is 48.1. The van der Waals surface area contributed by atoms with E-state index in [9.17, 15) is 28.8 Å². The van der Waals surface area contributed by atoms with Crippen molar-refractivity contribution < 1.29 is 67.4 Å². The van der Waals surface area contributed by atoms with Gasteiger partial charge in [0.15, 0.2) is 0 Å². The number of aliphatic carboxylic acids is 1. The number of carboxylic acids is 2. The highest BCUT2D eigenvalue weighted by Gasteiger charge is 2.25. The van der Waals surface area contributed by atoms with E-state index in [4.69, 9.17) is 56.0 Å². The predicted molar refractivity (Wildman–Crippen MR) is 346 cm³/mol. The van der Waals surface area contributed by atoms with Gasteiger partial charge in [-0.1, -0.05) is 55.3 Å². The van der Waals surface area contributed by atoms with Crippen LogP contribution in [-0.2, 0) is 25.7 Å². The number of carbonyl (C=O) groups is 6. The molecule has 0 bridgehead atoms. The third-order valence-electron chi connectivity index (χ3n) is 12.1. The molecular formula is C60H58ClN9O14S5. The van der Waals surface area contributed by atoms with Gasteiger partial charge in [0, 0.05) is 44.1 Å². The van der Waals surface area contributed by atoms with E-state index < -0.39 is 42.0 Å². The summed E-state index contributed by atoms with van der Waals surface area (Å²) in [7, 11) is 6.31. The number of ether oxygens (including phenoxy) is 6. The lowest BCUT2D eigenvalue weighted by molar-refractivity contribution is -0.146. The number of nitrogens with zero attached hydrogens (tertiary/aromatic N) is 5. The number of unbranched alkanes of at least 4 members (excludes halogenated alkanes) is 1. The summed E-state index contributed by atoms with van der Waals surface area (Å²) in [6.45, 7) is 1.95. The molecule has 0 unspecified atom stereocenters. The van der Waals surface area contributed by atoms with Crippen LogP contribution in [0.4, 0.5) is 4.79 Å². The molecule has 3 amide bonds. The second kappa shape index (κ2) is 33.8. The number of thiophene rings is 5. The van der Waals surface area contributed by atoms with E-state index in [1.165, 1.54) is 34.0 Å². The molecule has 89 heavy (non-hydrogen) atoms. The van der Waals surface area contributed by atoms with E-state index in [0.29, 0.717) is 50.0 Å². The smallest absolute Gasteiger partial charge is 0.408 e. The Morgan fingerprint density at radius 3 is 1.49 bits per heavy atom. The van der Waals surface area contributed by atoms with Crippen molar-refractivity contribution in [2.75, 3.05) is 48.1 Å². The summed E-state index contributed by atoms with van der Waals surface area (Å²) in [6, 6.07) is 24.5. The van der Waals surface area contributed by atoms with Crippen LogP contribution in [0.5, 0.6) is 23.0 Å². The SMILES string of the molecule is CCCCOC(=O)[C@@H](CNC(=O)c1cc2nccc(OC)c2s1)NC(=O)OCc1ccccc1.COc1ccnc2cc(C(=O)NC[C@@H](N)C(=O)O)sc12.COc1ccnc2cc(C(=O)O)sc12.COc1ccnc2ccsc12.Clc1ccnc2ccsc12. The number of esters is 1. The normalized spacial score (nSPS) is 11.2. The maximum atomic E-state index is 12.7. The maximum Gasteiger partial charge on any atom is 0.408 e. The quantitative estimate of drug-likeness (QED) is 0.0324. The Hall–Kier alpha value is -9.16. The molecule has 464 valence electrons. The van der Waals surface area contributed by atoms with Crippen LogP contribution in [0.15, 0.2) is 133 Å². The number of carboxylic acid groups (broad SMARTS) is 2. The van der Waals surface area contributed by atoms with Crippen LogP contribution in [0.2, 0.25) is 5.02 Å². The second-order valence-corrected chi connectivity index (χ2v) is 23.4. The minimum Gasteiger partial charge on any atom is -0.495 e. The fraction of sp³-hybridized carbons (Fsp3) is 0.217. The van der Waals surface area contributed by atoms with Crippen molar-refractivity contribution in [1.82, 2.24) is 40.9 Å². The number of methoxy groups -OCH3 is 4. The number of pyridine rings is 5. The topological polar surface area (TPSA) is 325 Å². The zero-order valence-corrected chi connectivity index (χ0v) is 53.0. The highest BCUT2D eigenvalue weighted by Crippen LogP contribution is 2.35. The Morgan fingerprint density at radius 1 is 0.562 bits per heavy atom. The molecule has 0 saturated carbocycles. The summed E-state index contributed by atoms with van der Waals surface area (Å²) >= 11 is 12.8. The highest BCUT2D eigenvalue weighted by molar-refractivity contribution is 7.22. The summed E-state index contributed by atoms with van der Waals surface area (Å²) in [4.78, 5) is 92.6. The molecule has 0 saturated heterocycles. The molecule has 10 heterocycles. The number of nitrogens with two attached hydrogens (primary N) is 1. The summed E-state index contributed by atoms with van der Waals surface area (Å²) in [5.41, 5.74) is 10.1. The van der Waals surface area contributed by atoms with E-state index in [0.717, 1.165) is 57.3 Å². The zero-order chi connectivity index (χ0) is 63.8. The number of alkyl carbamates (subject to hydrolysis) is 1. The van der Waals surface area contributed by atoms with Gasteiger partial charge in [-0.25, -0.2) is 14.4 Å². The van der Waals surface area contributed by atoms with Crippen molar-refractivity contribution in [1.29, 1.82) is 0 Å². The molecule has 7 N–H and O–H groups in total. The minimum absolute atomic E-state index is 0.0489. The molecule has 2 atom stereocenters. The summed E-state index contributed by atoms with van der Waals surface area (Å²) in [5, 5.41) is 29.9. The maximum absolute atomic E-state index is 12.7. The molecule has 0 radical (unpaired) electrons. The molecular weight excluding hydrogens is 1270 g/mol. The van der Waals surface area contributed by atoms with Crippen LogP contribution in [0, 0.1) is 0 Å². The first-order valence-electron chi connectivity index (χ1n) is 26.6. The number of hydrogen-bond acceptors (Lipinski definition) is 23. The lowest BCUT2D eigenvalue weighted by atomic mass is 10.2. The van der Waals surface area contributed by atoms with Crippen LogP contribution in [0.25, 0.3) is 51.1 Å². The molecule has 1 aromatic carbocycles. The van der Waals surface area contributed by atoms with Gasteiger partial charge in [0.2, 0.25) is 0 Å². The van der Waals surface area contributed by atoms with E-state index >= 15 is 0 Å². The fourth-order valence-corrected chi connectivity index (χ4v) is 12.5. The Bertz CT molecular complexity index is 4180. The number of hydrogen-bond donors (Lipinski definition) is 6. The number of carbonyl (C=O) groups excluding carboxylic acids is 4. The van der Waals surface area contributed by atoms with Gasteiger partial charge >= 0.3 is 24.0 Å². The molecule has 0 aliphatic rings. The van der Waals surface area contributed by atoms with E-state index in [1.807, 2.05) is 66.2 Å². The van der Waals surface area contributed by atoms with Gasteiger partial charge in [0.05, 0.1) is 101 Å². The number of aromatic nitrogens is 5. The number of rotatable bonds is 19. The Kier molecular flexibility index (Phi) is 25.6. The number of fused-ring (bicyclic) bond motifs is 5. The predicted octanol–water partition coefficient (Wildman–Crippen LogP) is 11.4. The highest BCUT2D eigenvalue weighted by atomic mass is 35.5. The van der Waals surface area contributed by atoms with Crippen molar-refractivity contribution in [2.24, 2.45) is 5.73 Å². The average Bonchev–Trinajstić information content (AvgIpc) is 2.71. The molecule has 10 aromatic heterocycles. The molecule has 0 fully saturated rings. The van der Waals surface area contributed by atoms with E-state index in [1.54, 1.807) is 125 Å². The molecule has 0 aliphatic carbocycles. The van der Waals surface area contributed by atoms with Gasteiger partial charge in [-0.2, -0.15) is 0 Å². The molecule has 11 rings (SSSR count). The molecule has 11 aromatic rings. The third kappa shape index (κ3) is 18.9. The number of nitrogens with one attached hydrogen (secondary N) is 3. The number of halogens is 1. The first-order chi connectivity index (χ1) is 43.0. The van der Waals surface area contributed by atoms with Crippen LogP contribution in [0.3, 0.4) is 0 Å². The van der Waals surface area contributed by atoms with Gasteiger partial charge in [-0.15, -0.1) is 56.7 Å². The largest absolute Gasteiger partial charge is 0.495 e. The van der Waals surface area contributed by atoms with Gasteiger partial charge in [-0.05, 0) is 83.4 Å². The van der Waals surface area contributed by atoms with Crippen molar-refractivity contribution in [3.8, 4) is 23.0 Å². The van der Waals surface area contributed by atoms with Gasteiger partial charge in [0.1, 0.15) is 46.6 Å². The molecule has 0 aliphatic heterocycles. The van der Waals surface area contributed by atoms with E-state index in [-0.39, 0.29) is 37.1 Å². The van der Waals surface area contributed by atoms with Gasteiger partial charge in [-0.3, -0.25) is 39.3 Å². The third-order valence-corrected chi connectivity index (χ3v) is 17.8. The Morgan fingerprint density at radius 2 is 1.01 bits per heavy atom. The monoisotopic (exact) mass is 1320 g/mol. The van der Waals surface area contributed by atoms with Crippen LogP contribution in [-0.4, -0.2) is 131 Å². The summed E-state index contributed by atoms with van der Waals surface area (Å²) < 4.78 is 35.7. The van der Waals surface area contributed by atoms with Gasteiger partial charge in [0.25, 0.3) is 11.8 Å². The Balaban J connectivity index is 0.000000172. The average molecular weight is 1320 g/mol. The fourth-order valence-electron chi connectivity index (χ4n) is 7.58. The van der Waals surface area contributed by atoms with Gasteiger partial charge < -0.3 is 60.3 Å². The van der Waals surface area contributed by atoms with Crippen LogP contribution < -0.4 is 40.6 Å². The summed E-state index contributed by atoms with van der Waals surface area (Å²) in [5.74, 6) is -0.708. The molecule has 29 heteroatoms. The number of aromatic carboxylic acids is 1. The minimum atomic E-state index is -1.16. The van der Waals surface area contributed by atoms with E-state index in [2.05, 4.69) is 40.9 Å². The first-order valence-corrected chi connectivity index (χ1v) is 31.2. The van der Waals surface area contributed by atoms with Crippen molar-refractivity contribution in [3.05, 3.63) is 158 Å². The molecule has 0 spiro atoms. The lowest BCUT2D eigenvalue weighted by Gasteiger charge is -2.18.